The fraction of sp³-hybridized carbons (Fsp3) is 0.439. The van der Waals surface area contributed by atoms with Gasteiger partial charge in [0.15, 0.2) is 0 Å². The van der Waals surface area contributed by atoms with Crippen molar-refractivity contribution in [1.29, 1.82) is 0 Å². The van der Waals surface area contributed by atoms with Gasteiger partial charge in [-0.3, -0.25) is 0 Å². The number of aryl methyl sites for hydroxylation is 2. The first-order valence-corrected chi connectivity index (χ1v) is 23.2. The van der Waals surface area contributed by atoms with Crippen molar-refractivity contribution in [2.75, 3.05) is 9.80 Å². The van der Waals surface area contributed by atoms with E-state index in [-0.39, 0.29) is 39.2 Å². The molecule has 4 heterocycles. The van der Waals surface area contributed by atoms with Crippen LogP contribution in [0.1, 0.15) is 166 Å². The van der Waals surface area contributed by atoms with Crippen molar-refractivity contribution in [3.63, 3.8) is 0 Å². The number of anilines is 6. The fourth-order valence-electron chi connectivity index (χ4n) is 12.7. The minimum atomic E-state index is -0.138. The fourth-order valence-corrected chi connectivity index (χ4v) is 12.7. The second kappa shape index (κ2) is 11.9. The molecule has 312 valence electrons. The molecule has 3 nitrogen and oxygen atoms in total. The lowest BCUT2D eigenvalue weighted by atomic mass is 9.34. The molecule has 0 amide bonds. The second-order valence-electron chi connectivity index (χ2n) is 24.1. The number of benzene rings is 5. The van der Waals surface area contributed by atoms with E-state index in [2.05, 4.69) is 186 Å². The van der Waals surface area contributed by atoms with Gasteiger partial charge in [0.1, 0.15) is 5.58 Å². The predicted molar refractivity (Wildman–Crippen MR) is 261 cm³/mol. The van der Waals surface area contributed by atoms with Crippen LogP contribution in [0, 0.1) is 13.8 Å². The molecule has 61 heavy (non-hydrogen) atoms. The van der Waals surface area contributed by atoms with Gasteiger partial charge in [-0.05, 0) is 164 Å². The van der Waals surface area contributed by atoms with E-state index in [1.54, 1.807) is 22.3 Å². The third kappa shape index (κ3) is 5.11. The highest BCUT2D eigenvalue weighted by Crippen LogP contribution is 2.65. The van der Waals surface area contributed by atoms with Gasteiger partial charge in [0.25, 0.3) is 6.71 Å². The Labute approximate surface area is 366 Å². The van der Waals surface area contributed by atoms with E-state index in [0.717, 1.165) is 24.1 Å². The molecule has 5 aromatic carbocycles. The van der Waals surface area contributed by atoms with Gasteiger partial charge in [0.2, 0.25) is 0 Å². The minimum absolute atomic E-state index is 0.00660. The van der Waals surface area contributed by atoms with Crippen molar-refractivity contribution >= 4 is 68.4 Å². The molecule has 0 radical (unpaired) electrons. The van der Waals surface area contributed by atoms with Gasteiger partial charge in [0, 0.05) is 33.6 Å². The summed E-state index contributed by atoms with van der Waals surface area (Å²) in [7, 11) is 0. The van der Waals surface area contributed by atoms with Crippen molar-refractivity contribution in [1.82, 2.24) is 0 Å². The van der Waals surface area contributed by atoms with Gasteiger partial charge in [0.05, 0.1) is 17.0 Å². The molecule has 1 aromatic heterocycles. The number of hydrogen-bond donors (Lipinski definition) is 0. The molecule has 0 saturated heterocycles. The molecule has 0 fully saturated rings. The normalized spacial score (nSPS) is 21.1. The molecular formula is C57H65BN2O. The van der Waals surface area contributed by atoms with Crippen molar-refractivity contribution in [2.24, 2.45) is 0 Å². The summed E-state index contributed by atoms with van der Waals surface area (Å²) in [5.74, 6) is 0. The maximum Gasteiger partial charge on any atom is 0.297 e. The van der Waals surface area contributed by atoms with Crippen LogP contribution < -0.4 is 26.4 Å². The smallest absolute Gasteiger partial charge is 0.297 e. The molecule has 0 bridgehead atoms. The SMILES string of the molecule is Cc1cc2c3c(c1)N(c1ccc(C(C)(C)C)cc1)c1c(oc4ccc(C(C)(C)C)cc14)B3c1ccc3c4c1N2c1c(C)cc2c(c1C4(C)CCC3(C)C)C(C)(C)CCC2(C)C. The molecule has 0 spiro atoms. The largest absolute Gasteiger partial charge is 0.468 e. The Balaban J connectivity index is 1.30. The summed E-state index contributed by atoms with van der Waals surface area (Å²) in [5, 5.41) is 1.19. The first-order chi connectivity index (χ1) is 28.4. The Morgan fingerprint density at radius 3 is 1.84 bits per heavy atom. The number of fused-ring (bicyclic) bond motifs is 11. The molecule has 4 heteroatoms. The summed E-state index contributed by atoms with van der Waals surface area (Å²) in [6.45, 7) is 36.3. The zero-order valence-electron chi connectivity index (χ0n) is 39.6. The van der Waals surface area contributed by atoms with Gasteiger partial charge in [-0.25, -0.2) is 0 Å². The lowest BCUT2D eigenvalue weighted by Crippen LogP contribution is -2.62. The monoisotopic (exact) mass is 805 g/mol. The van der Waals surface area contributed by atoms with E-state index in [4.69, 9.17) is 4.42 Å². The highest BCUT2D eigenvalue weighted by Gasteiger charge is 2.57. The van der Waals surface area contributed by atoms with E-state index < -0.39 is 0 Å². The summed E-state index contributed by atoms with van der Waals surface area (Å²) in [5.41, 5.74) is 25.8. The van der Waals surface area contributed by atoms with E-state index in [1.807, 2.05) is 0 Å². The molecule has 0 saturated carbocycles. The summed E-state index contributed by atoms with van der Waals surface area (Å²) >= 11 is 0. The zero-order valence-corrected chi connectivity index (χ0v) is 39.6. The Morgan fingerprint density at radius 2 is 1.16 bits per heavy atom. The van der Waals surface area contributed by atoms with Crippen LogP contribution in [0.4, 0.5) is 34.1 Å². The molecule has 5 aliphatic rings. The highest BCUT2D eigenvalue weighted by atomic mass is 16.3. The average Bonchev–Trinajstić information content (AvgIpc) is 3.55. The standard InChI is InChI=1S/C57H65BN2O/c1-32-28-41-47-42(29-32)60-48-33(2)30-39-44(56(13,14)25-24-55(39,11)12)46(48)57(15)27-26-54(9,10)38-21-22-40(50(60)45(38)57)58(47)51-49(37-31-35(53(6,7)8)18-23-43(37)61-51)59(41)36-19-16-34(17-20-36)52(3,4)5/h16-23,28-31H,24-27H2,1-15H3. The van der Waals surface area contributed by atoms with Gasteiger partial charge in [-0.15, -0.1) is 0 Å². The Hall–Kier alpha value is -4.70. The van der Waals surface area contributed by atoms with Crippen LogP contribution in [0.15, 0.2) is 77.2 Å². The van der Waals surface area contributed by atoms with Crippen molar-refractivity contribution in [3.05, 3.63) is 123 Å². The second-order valence-corrected chi connectivity index (χ2v) is 24.1. The van der Waals surface area contributed by atoms with Crippen LogP contribution in [0.5, 0.6) is 0 Å². The lowest BCUT2D eigenvalue weighted by molar-refractivity contribution is 0.311. The van der Waals surface area contributed by atoms with Crippen LogP contribution in [0.2, 0.25) is 0 Å². The third-order valence-corrected chi connectivity index (χ3v) is 16.4. The Morgan fingerprint density at radius 1 is 0.557 bits per heavy atom. The van der Waals surface area contributed by atoms with Crippen LogP contribution in [0.25, 0.3) is 11.0 Å². The summed E-state index contributed by atoms with van der Waals surface area (Å²) in [6, 6.07) is 29.0. The van der Waals surface area contributed by atoms with Crippen molar-refractivity contribution < 1.29 is 4.42 Å². The third-order valence-electron chi connectivity index (χ3n) is 16.4. The summed E-state index contributed by atoms with van der Waals surface area (Å²) in [4.78, 5) is 5.35. The quantitative estimate of drug-likeness (QED) is 0.154. The first kappa shape index (κ1) is 39.2. The van der Waals surface area contributed by atoms with Gasteiger partial charge in [-0.2, -0.15) is 0 Å². The lowest BCUT2D eigenvalue weighted by Gasteiger charge is -2.57. The molecule has 1 atom stereocenters. The van der Waals surface area contributed by atoms with Crippen LogP contribution in [-0.2, 0) is 32.5 Å². The molecule has 11 rings (SSSR count). The number of nitrogens with zero attached hydrogens (tertiary/aromatic N) is 2. The van der Waals surface area contributed by atoms with E-state index in [1.165, 1.54) is 91.1 Å². The van der Waals surface area contributed by atoms with Crippen molar-refractivity contribution in [3.8, 4) is 0 Å². The highest BCUT2D eigenvalue weighted by molar-refractivity contribution is 7.00. The molecule has 2 aliphatic carbocycles. The first-order valence-electron chi connectivity index (χ1n) is 23.2. The molecule has 0 N–H and O–H groups in total. The maximum atomic E-state index is 7.37. The van der Waals surface area contributed by atoms with E-state index in [0.29, 0.717) is 0 Å². The molecule has 3 aliphatic heterocycles. The van der Waals surface area contributed by atoms with E-state index >= 15 is 0 Å². The number of rotatable bonds is 1. The number of furan rings is 1. The zero-order chi connectivity index (χ0) is 43.3. The molecular weight excluding hydrogens is 739 g/mol. The van der Waals surface area contributed by atoms with Crippen LogP contribution >= 0.6 is 0 Å². The molecule has 1 unspecified atom stereocenters. The molecule has 6 aromatic rings. The maximum absolute atomic E-state index is 7.37. The predicted octanol–water partition coefficient (Wildman–Crippen LogP) is 13.8. The number of hydrogen-bond acceptors (Lipinski definition) is 3. The van der Waals surface area contributed by atoms with Gasteiger partial charge in [-0.1, -0.05) is 126 Å². The van der Waals surface area contributed by atoms with Gasteiger partial charge >= 0.3 is 0 Å². The topological polar surface area (TPSA) is 19.6 Å². The minimum Gasteiger partial charge on any atom is -0.468 e. The summed E-state index contributed by atoms with van der Waals surface area (Å²) < 4.78 is 7.37. The van der Waals surface area contributed by atoms with Crippen molar-refractivity contribution in [2.45, 2.75) is 162 Å². The average molecular weight is 805 g/mol. The van der Waals surface area contributed by atoms with Gasteiger partial charge < -0.3 is 14.2 Å². The van der Waals surface area contributed by atoms with E-state index in [9.17, 15) is 0 Å². The summed E-state index contributed by atoms with van der Waals surface area (Å²) in [6.07, 6.45) is 4.70. The Bertz CT molecular complexity index is 2910. The Kier molecular flexibility index (Phi) is 7.61. The van der Waals surface area contributed by atoms with Crippen LogP contribution in [0.3, 0.4) is 0 Å². The van der Waals surface area contributed by atoms with Crippen LogP contribution in [-0.4, -0.2) is 6.71 Å².